The van der Waals surface area contributed by atoms with Crippen LogP contribution in [0.1, 0.15) is 45.6 Å². The van der Waals surface area contributed by atoms with Crippen molar-refractivity contribution in [1.29, 1.82) is 0 Å². The van der Waals surface area contributed by atoms with Gasteiger partial charge in [0, 0.05) is 25.8 Å². The molecule has 1 aliphatic carbocycles. The molecule has 0 aromatic heterocycles. The van der Waals surface area contributed by atoms with Gasteiger partial charge in [-0.3, -0.25) is 4.79 Å². The van der Waals surface area contributed by atoms with Crippen LogP contribution in [0.5, 0.6) is 0 Å². The van der Waals surface area contributed by atoms with E-state index in [2.05, 4.69) is 24.5 Å². The molecular weight excluding hydrogens is 362 g/mol. The van der Waals surface area contributed by atoms with Gasteiger partial charge < -0.3 is 10.6 Å². The van der Waals surface area contributed by atoms with E-state index in [0.717, 1.165) is 12.0 Å². The molecule has 1 fully saturated rings. The second-order valence-corrected chi connectivity index (χ2v) is 10.2. The molecule has 1 saturated carbocycles. The van der Waals surface area contributed by atoms with Gasteiger partial charge >= 0.3 is 0 Å². The zero-order valence-electron chi connectivity index (χ0n) is 17.2. The number of hydrogen-bond donors (Lipinski definition) is 2. The van der Waals surface area contributed by atoms with Gasteiger partial charge in [-0.2, -0.15) is 0 Å². The number of anilines is 1. The number of nitrogens with one attached hydrogen (secondary N) is 2. The average molecular weight is 396 g/mol. The fourth-order valence-electron chi connectivity index (χ4n) is 3.56. The van der Waals surface area contributed by atoms with Gasteiger partial charge in [0.2, 0.25) is 15.9 Å². The third-order valence-corrected chi connectivity index (χ3v) is 7.62. The first-order valence-electron chi connectivity index (χ1n) is 9.64. The monoisotopic (exact) mass is 395 g/mol. The molecule has 1 aromatic rings. The number of aryl methyl sites for hydroxylation is 1. The minimum Gasteiger partial charge on any atom is -0.324 e. The number of benzene rings is 1. The molecule has 0 spiro atoms. The molecule has 1 amide bonds. The van der Waals surface area contributed by atoms with Crippen LogP contribution in [0.4, 0.5) is 5.69 Å². The third-order valence-electron chi connectivity index (χ3n) is 5.81. The first kappa shape index (κ1) is 21.9. The van der Waals surface area contributed by atoms with Crippen molar-refractivity contribution in [3.63, 3.8) is 0 Å². The lowest BCUT2D eigenvalue weighted by Gasteiger charge is -2.36. The quantitative estimate of drug-likeness (QED) is 0.776. The van der Waals surface area contributed by atoms with Crippen LogP contribution < -0.4 is 10.6 Å². The van der Waals surface area contributed by atoms with Crippen LogP contribution >= 0.6 is 0 Å². The van der Waals surface area contributed by atoms with E-state index >= 15 is 0 Å². The summed E-state index contributed by atoms with van der Waals surface area (Å²) in [6, 6.07) is 4.79. The van der Waals surface area contributed by atoms with E-state index in [0.29, 0.717) is 23.6 Å². The average Bonchev–Trinajstić information content (AvgIpc) is 2.60. The number of hydrogen-bond acceptors (Lipinski definition) is 4. The van der Waals surface area contributed by atoms with Crippen LogP contribution in [-0.4, -0.2) is 44.8 Å². The van der Waals surface area contributed by atoms with Crippen molar-refractivity contribution in [1.82, 2.24) is 9.62 Å². The summed E-state index contributed by atoms with van der Waals surface area (Å²) < 4.78 is 25.9. The second-order valence-electron chi connectivity index (χ2n) is 8.02. The van der Waals surface area contributed by atoms with Gasteiger partial charge in [0.15, 0.2) is 0 Å². The number of carbonyl (C=O) groups is 1. The molecule has 0 aliphatic heterocycles. The topological polar surface area (TPSA) is 78.5 Å². The van der Waals surface area contributed by atoms with Crippen molar-refractivity contribution in [3.05, 3.63) is 23.8 Å². The lowest BCUT2D eigenvalue weighted by molar-refractivity contribution is -0.118. The van der Waals surface area contributed by atoms with Crippen LogP contribution in [0.15, 0.2) is 23.1 Å². The molecule has 7 heteroatoms. The van der Waals surface area contributed by atoms with Gasteiger partial charge in [0.25, 0.3) is 0 Å². The van der Waals surface area contributed by atoms with Gasteiger partial charge in [0.1, 0.15) is 0 Å². The van der Waals surface area contributed by atoms with Crippen LogP contribution in [0.2, 0.25) is 0 Å². The summed E-state index contributed by atoms with van der Waals surface area (Å²) in [5.74, 6) is 1.04. The Bertz CT molecular complexity index is 777. The minimum absolute atomic E-state index is 0.150. The minimum atomic E-state index is -3.54. The lowest BCUT2D eigenvalue weighted by Crippen LogP contribution is -2.49. The summed E-state index contributed by atoms with van der Waals surface area (Å²) >= 11 is 0. The predicted octanol–water partition coefficient (Wildman–Crippen LogP) is 2.99. The van der Waals surface area contributed by atoms with Crippen molar-refractivity contribution in [2.75, 3.05) is 19.4 Å². The highest BCUT2D eigenvalue weighted by Gasteiger charge is 2.29. The molecular formula is C20H33N3O3S. The Balaban J connectivity index is 2.10. The Kier molecular flexibility index (Phi) is 7.05. The molecule has 1 aliphatic rings. The molecule has 4 atom stereocenters. The molecule has 0 saturated heterocycles. The maximum Gasteiger partial charge on any atom is 0.242 e. The first-order valence-corrected chi connectivity index (χ1v) is 11.1. The lowest BCUT2D eigenvalue weighted by atomic mass is 9.78. The van der Waals surface area contributed by atoms with Gasteiger partial charge in [0.05, 0.1) is 10.9 Å². The number of carbonyl (C=O) groups excluding carboxylic acids is 1. The molecule has 2 N–H and O–H groups in total. The molecule has 2 rings (SSSR count). The first-order chi connectivity index (χ1) is 12.5. The Hall–Kier alpha value is -1.44. The van der Waals surface area contributed by atoms with Crippen LogP contribution in [0, 0.1) is 18.8 Å². The van der Waals surface area contributed by atoms with E-state index in [4.69, 9.17) is 0 Å². The second kappa shape index (κ2) is 8.71. The molecule has 0 radical (unpaired) electrons. The molecule has 6 nitrogen and oxygen atoms in total. The Morgan fingerprint density at radius 3 is 2.52 bits per heavy atom. The predicted molar refractivity (Wildman–Crippen MR) is 109 cm³/mol. The van der Waals surface area contributed by atoms with Gasteiger partial charge in [-0.15, -0.1) is 0 Å². The Morgan fingerprint density at radius 1 is 1.22 bits per heavy atom. The van der Waals surface area contributed by atoms with Crippen molar-refractivity contribution >= 4 is 21.6 Å². The Labute approximate surface area is 163 Å². The summed E-state index contributed by atoms with van der Waals surface area (Å²) in [7, 11) is -0.558. The number of rotatable bonds is 6. The van der Waals surface area contributed by atoms with E-state index in [1.54, 1.807) is 12.1 Å². The fourth-order valence-corrected chi connectivity index (χ4v) is 4.49. The third kappa shape index (κ3) is 5.09. The molecule has 0 unspecified atom stereocenters. The largest absolute Gasteiger partial charge is 0.324 e. The SMILES string of the molecule is Cc1ccc(S(=O)(=O)N(C)C)cc1NC(=O)[C@H](C)N[C@@H]1CCC[C@H](C)[C@@H]1C. The molecule has 0 bridgehead atoms. The van der Waals surface area contributed by atoms with Gasteiger partial charge in [-0.1, -0.05) is 32.8 Å². The summed E-state index contributed by atoms with van der Waals surface area (Å²) in [6.45, 7) is 8.22. The zero-order chi connectivity index (χ0) is 20.4. The fraction of sp³-hybridized carbons (Fsp3) is 0.650. The van der Waals surface area contributed by atoms with E-state index in [9.17, 15) is 13.2 Å². The summed E-state index contributed by atoms with van der Waals surface area (Å²) in [5, 5.41) is 6.36. The van der Waals surface area contributed by atoms with Crippen LogP contribution in [0.25, 0.3) is 0 Å². The van der Waals surface area contributed by atoms with Crippen molar-refractivity contribution in [2.24, 2.45) is 11.8 Å². The summed E-state index contributed by atoms with van der Waals surface area (Å²) in [5.41, 5.74) is 1.36. The van der Waals surface area contributed by atoms with Crippen LogP contribution in [0.3, 0.4) is 0 Å². The van der Waals surface area contributed by atoms with Crippen molar-refractivity contribution in [3.8, 4) is 0 Å². The van der Waals surface area contributed by atoms with E-state index in [-0.39, 0.29) is 16.8 Å². The highest BCUT2D eigenvalue weighted by Crippen LogP contribution is 2.30. The molecule has 27 heavy (non-hydrogen) atoms. The zero-order valence-corrected chi connectivity index (χ0v) is 18.1. The maximum absolute atomic E-state index is 12.7. The highest BCUT2D eigenvalue weighted by molar-refractivity contribution is 7.89. The molecule has 1 aromatic carbocycles. The number of sulfonamides is 1. The number of amides is 1. The summed E-state index contributed by atoms with van der Waals surface area (Å²) in [6.07, 6.45) is 3.51. The summed E-state index contributed by atoms with van der Waals surface area (Å²) in [4.78, 5) is 12.9. The van der Waals surface area contributed by atoms with E-state index in [1.807, 2.05) is 13.8 Å². The van der Waals surface area contributed by atoms with E-state index < -0.39 is 10.0 Å². The van der Waals surface area contributed by atoms with Gasteiger partial charge in [-0.05, 0) is 49.8 Å². The standard InChI is InChI=1S/C20H33N3O3S/c1-13-8-7-9-18(15(13)3)21-16(4)20(24)22-19-12-17(11-10-14(19)2)27(25,26)23(5)6/h10-13,15-16,18,21H,7-9H2,1-6H3,(H,22,24)/t13-,15-,16-,18+/m0/s1. The highest BCUT2D eigenvalue weighted by atomic mass is 32.2. The Morgan fingerprint density at radius 2 is 1.89 bits per heavy atom. The van der Waals surface area contributed by atoms with Crippen LogP contribution in [-0.2, 0) is 14.8 Å². The number of nitrogens with zero attached hydrogens (tertiary/aromatic N) is 1. The molecule has 152 valence electrons. The molecule has 0 heterocycles. The smallest absolute Gasteiger partial charge is 0.242 e. The maximum atomic E-state index is 12.7. The van der Waals surface area contributed by atoms with Gasteiger partial charge in [-0.25, -0.2) is 12.7 Å². The van der Waals surface area contributed by atoms with Crippen molar-refractivity contribution in [2.45, 2.75) is 63.9 Å². The van der Waals surface area contributed by atoms with E-state index in [1.165, 1.54) is 37.3 Å². The van der Waals surface area contributed by atoms with Crippen molar-refractivity contribution < 1.29 is 13.2 Å². The normalized spacial score (nSPS) is 24.6.